The van der Waals surface area contributed by atoms with Gasteiger partial charge in [-0.2, -0.15) is 0 Å². The molecule has 0 bridgehead atoms. The van der Waals surface area contributed by atoms with Crippen molar-refractivity contribution in [3.63, 3.8) is 0 Å². The summed E-state index contributed by atoms with van der Waals surface area (Å²) in [4.78, 5) is 11.5. The van der Waals surface area contributed by atoms with E-state index in [4.69, 9.17) is 4.74 Å². The van der Waals surface area contributed by atoms with Gasteiger partial charge >= 0.3 is 0 Å². The Morgan fingerprint density at radius 3 is 3.14 bits per heavy atom. The van der Waals surface area contributed by atoms with Gasteiger partial charge in [0.2, 0.25) is 0 Å². The van der Waals surface area contributed by atoms with E-state index in [0.29, 0.717) is 18.3 Å². The van der Waals surface area contributed by atoms with Crippen LogP contribution in [-0.2, 0) is 9.53 Å². The molecule has 0 radical (unpaired) electrons. The molecule has 2 aliphatic carbocycles. The lowest BCUT2D eigenvalue weighted by Crippen LogP contribution is -2.25. The van der Waals surface area contributed by atoms with Crippen LogP contribution in [0.15, 0.2) is 11.6 Å². The maximum absolute atomic E-state index is 11.5. The summed E-state index contributed by atoms with van der Waals surface area (Å²) in [5, 5.41) is 0. The van der Waals surface area contributed by atoms with Crippen LogP contribution >= 0.6 is 0 Å². The molecule has 76 valence electrons. The van der Waals surface area contributed by atoms with E-state index in [9.17, 15) is 4.79 Å². The predicted octanol–water partition coefficient (Wildman–Crippen LogP) is 1.95. The highest BCUT2D eigenvalue weighted by Crippen LogP contribution is 2.78. The van der Waals surface area contributed by atoms with Gasteiger partial charge in [-0.15, -0.1) is 0 Å². The second-order valence-electron chi connectivity index (χ2n) is 5.16. The molecule has 0 aromatic carbocycles. The van der Waals surface area contributed by atoms with E-state index in [2.05, 4.69) is 13.8 Å². The second-order valence-corrected chi connectivity index (χ2v) is 5.16. The average molecular weight is 192 g/mol. The Morgan fingerprint density at radius 1 is 1.64 bits per heavy atom. The van der Waals surface area contributed by atoms with Gasteiger partial charge in [0.15, 0.2) is 5.78 Å². The third kappa shape index (κ3) is 0.681. The van der Waals surface area contributed by atoms with Crippen molar-refractivity contribution in [2.75, 3.05) is 13.2 Å². The number of ether oxygens (including phenoxy) is 1. The van der Waals surface area contributed by atoms with Crippen LogP contribution in [0.4, 0.5) is 0 Å². The molecule has 3 aliphatic rings. The van der Waals surface area contributed by atoms with Crippen molar-refractivity contribution in [2.24, 2.45) is 16.7 Å². The lowest BCUT2D eigenvalue weighted by atomic mass is 9.86. The van der Waals surface area contributed by atoms with Gasteiger partial charge in [-0.25, -0.2) is 0 Å². The summed E-state index contributed by atoms with van der Waals surface area (Å²) in [7, 11) is 0. The molecule has 0 amide bonds. The summed E-state index contributed by atoms with van der Waals surface area (Å²) in [6.07, 6.45) is 3.76. The van der Waals surface area contributed by atoms with Crippen LogP contribution in [0, 0.1) is 16.7 Å². The Kier molecular flexibility index (Phi) is 1.42. The number of ketones is 1. The van der Waals surface area contributed by atoms with Crippen molar-refractivity contribution >= 4 is 5.78 Å². The molecule has 0 aromatic rings. The number of allylic oxidation sites excluding steroid dienone is 1. The summed E-state index contributed by atoms with van der Waals surface area (Å²) in [5.41, 5.74) is 1.76. The SMILES string of the molecule is CC[C@H]1[C@]2(C)COCC3=CC(=O)C[C@@]312. The molecular weight excluding hydrogens is 176 g/mol. The minimum absolute atomic E-state index is 0.219. The van der Waals surface area contributed by atoms with Crippen molar-refractivity contribution < 1.29 is 9.53 Å². The van der Waals surface area contributed by atoms with E-state index in [1.54, 1.807) is 0 Å². The molecule has 2 fully saturated rings. The Labute approximate surface area is 84.3 Å². The summed E-state index contributed by atoms with van der Waals surface area (Å²) in [5.74, 6) is 0.989. The van der Waals surface area contributed by atoms with Crippen molar-refractivity contribution in [1.82, 2.24) is 0 Å². The van der Waals surface area contributed by atoms with Crippen LogP contribution in [0.5, 0.6) is 0 Å². The van der Waals surface area contributed by atoms with Crippen LogP contribution in [0.3, 0.4) is 0 Å². The predicted molar refractivity (Wildman–Crippen MR) is 52.8 cm³/mol. The van der Waals surface area contributed by atoms with Gasteiger partial charge in [-0.05, 0) is 17.6 Å². The second kappa shape index (κ2) is 2.30. The summed E-state index contributed by atoms with van der Waals surface area (Å²) < 4.78 is 5.60. The Morgan fingerprint density at radius 2 is 2.43 bits per heavy atom. The third-order valence-corrected chi connectivity index (χ3v) is 4.73. The smallest absolute Gasteiger partial charge is 0.156 e. The molecule has 2 nitrogen and oxygen atoms in total. The monoisotopic (exact) mass is 192 g/mol. The van der Waals surface area contributed by atoms with Gasteiger partial charge < -0.3 is 4.74 Å². The highest BCUT2D eigenvalue weighted by atomic mass is 16.5. The van der Waals surface area contributed by atoms with Gasteiger partial charge in [0, 0.05) is 17.3 Å². The van der Waals surface area contributed by atoms with Crippen LogP contribution in [0.25, 0.3) is 0 Å². The van der Waals surface area contributed by atoms with Crippen LogP contribution in [0.2, 0.25) is 0 Å². The molecule has 1 spiro atoms. The van der Waals surface area contributed by atoms with E-state index >= 15 is 0 Å². The molecule has 1 heterocycles. The summed E-state index contributed by atoms with van der Waals surface area (Å²) >= 11 is 0. The highest BCUT2D eigenvalue weighted by molar-refractivity contribution is 5.95. The molecule has 14 heavy (non-hydrogen) atoms. The van der Waals surface area contributed by atoms with Gasteiger partial charge in [0.1, 0.15) is 0 Å². The molecule has 3 rings (SSSR count). The first-order valence-electron chi connectivity index (χ1n) is 5.47. The Balaban J connectivity index is 2.06. The van der Waals surface area contributed by atoms with E-state index in [1.807, 2.05) is 6.08 Å². The number of carbonyl (C=O) groups is 1. The van der Waals surface area contributed by atoms with Gasteiger partial charge in [-0.3, -0.25) is 4.79 Å². The molecule has 1 aliphatic heterocycles. The number of hydrogen-bond donors (Lipinski definition) is 0. The van der Waals surface area contributed by atoms with Crippen LogP contribution in [-0.4, -0.2) is 19.0 Å². The zero-order valence-electron chi connectivity index (χ0n) is 8.80. The summed E-state index contributed by atoms with van der Waals surface area (Å²) in [6.45, 7) is 6.05. The fourth-order valence-electron chi connectivity index (χ4n) is 4.11. The minimum Gasteiger partial charge on any atom is -0.376 e. The highest BCUT2D eigenvalue weighted by Gasteiger charge is 2.76. The van der Waals surface area contributed by atoms with Crippen molar-refractivity contribution in [3.05, 3.63) is 11.6 Å². The molecule has 0 aromatic heterocycles. The normalized spacial score (nSPS) is 49.7. The fourth-order valence-corrected chi connectivity index (χ4v) is 4.11. The summed E-state index contributed by atoms with van der Waals surface area (Å²) in [6, 6.07) is 0. The first kappa shape index (κ1) is 8.66. The van der Waals surface area contributed by atoms with Gasteiger partial charge in [-0.1, -0.05) is 20.3 Å². The first-order valence-corrected chi connectivity index (χ1v) is 5.47. The number of carbonyl (C=O) groups excluding carboxylic acids is 1. The number of hydrogen-bond acceptors (Lipinski definition) is 2. The van der Waals surface area contributed by atoms with E-state index in [0.717, 1.165) is 13.0 Å². The lowest BCUT2D eigenvalue weighted by molar-refractivity contribution is -0.115. The molecule has 0 unspecified atom stereocenters. The zero-order chi connectivity index (χ0) is 9.97. The Bertz CT molecular complexity index is 344. The molecule has 2 heteroatoms. The van der Waals surface area contributed by atoms with E-state index in [1.165, 1.54) is 12.0 Å². The third-order valence-electron chi connectivity index (χ3n) is 4.73. The molecule has 3 atom stereocenters. The van der Waals surface area contributed by atoms with Crippen LogP contribution in [0.1, 0.15) is 26.7 Å². The first-order chi connectivity index (χ1) is 6.65. The van der Waals surface area contributed by atoms with Crippen LogP contribution < -0.4 is 0 Å². The standard InChI is InChI=1S/C12H16O2/c1-3-10-11(2)7-14-6-8-4-9(13)5-12(8,10)11/h4,10H,3,5-7H2,1-2H3/t10-,11-,12+/m0/s1. The van der Waals surface area contributed by atoms with Crippen molar-refractivity contribution in [2.45, 2.75) is 26.7 Å². The molecule has 1 saturated heterocycles. The maximum Gasteiger partial charge on any atom is 0.156 e. The molecule has 0 N–H and O–H groups in total. The fraction of sp³-hybridized carbons (Fsp3) is 0.750. The maximum atomic E-state index is 11.5. The average Bonchev–Trinajstić information content (AvgIpc) is 2.45. The van der Waals surface area contributed by atoms with Crippen molar-refractivity contribution in [3.8, 4) is 0 Å². The topological polar surface area (TPSA) is 26.3 Å². The van der Waals surface area contributed by atoms with E-state index < -0.39 is 0 Å². The lowest BCUT2D eigenvalue weighted by Gasteiger charge is -2.26. The Hall–Kier alpha value is -0.630. The quantitative estimate of drug-likeness (QED) is 0.634. The molecular formula is C12H16O2. The largest absolute Gasteiger partial charge is 0.376 e. The number of rotatable bonds is 1. The van der Waals surface area contributed by atoms with E-state index in [-0.39, 0.29) is 10.8 Å². The van der Waals surface area contributed by atoms with Crippen molar-refractivity contribution in [1.29, 1.82) is 0 Å². The minimum atomic E-state index is 0.219. The van der Waals surface area contributed by atoms with Gasteiger partial charge in [0.25, 0.3) is 0 Å². The van der Waals surface area contributed by atoms with Gasteiger partial charge in [0.05, 0.1) is 13.2 Å². The molecule has 1 saturated carbocycles. The zero-order valence-corrected chi connectivity index (χ0v) is 8.80.